The summed E-state index contributed by atoms with van der Waals surface area (Å²) in [7, 11) is 0. The highest BCUT2D eigenvalue weighted by molar-refractivity contribution is 5.85. The van der Waals surface area contributed by atoms with E-state index >= 15 is 0 Å². The molecule has 238 valence electrons. The first-order chi connectivity index (χ1) is 21.2. The van der Waals surface area contributed by atoms with Crippen LogP contribution >= 0.6 is 0 Å². The maximum atomic E-state index is 13.2. The molecule has 0 unspecified atom stereocenters. The van der Waals surface area contributed by atoms with E-state index in [2.05, 4.69) is 84.3 Å². The Balaban J connectivity index is 1.60. The summed E-state index contributed by atoms with van der Waals surface area (Å²) >= 11 is 0. The molecule has 0 aliphatic carbocycles. The normalized spacial score (nSPS) is 12.0. The van der Waals surface area contributed by atoms with Gasteiger partial charge < -0.3 is 15.4 Å². The van der Waals surface area contributed by atoms with Gasteiger partial charge in [0.05, 0.1) is 0 Å². The van der Waals surface area contributed by atoms with Crippen LogP contribution in [0.2, 0.25) is 0 Å². The summed E-state index contributed by atoms with van der Waals surface area (Å²) < 4.78 is 5.49. The number of alkyl carbamates (subject to hydrolysis) is 1. The number of nitrogens with one attached hydrogen (secondary N) is 2. The van der Waals surface area contributed by atoms with Crippen molar-refractivity contribution in [1.29, 1.82) is 0 Å². The molecular formula is C39H54N2O3. The van der Waals surface area contributed by atoms with Crippen molar-refractivity contribution in [3.63, 3.8) is 0 Å². The SMILES string of the molecule is CCCCCCCCCCCNC(=O)[C@H](CCCc1cc(-c2ccccc2)cc(-c2ccccc2)c1)NC(=O)OC(C)(C)C. The van der Waals surface area contributed by atoms with E-state index in [0.717, 1.165) is 25.7 Å². The molecular weight excluding hydrogens is 544 g/mol. The molecule has 0 bridgehead atoms. The number of hydrogen-bond donors (Lipinski definition) is 2. The van der Waals surface area contributed by atoms with E-state index in [4.69, 9.17) is 4.74 Å². The first kappa shape index (κ1) is 34.9. The van der Waals surface area contributed by atoms with Gasteiger partial charge >= 0.3 is 6.09 Å². The van der Waals surface area contributed by atoms with E-state index in [1.807, 2.05) is 32.9 Å². The Morgan fingerprint density at radius 2 is 1.20 bits per heavy atom. The van der Waals surface area contributed by atoms with Gasteiger partial charge in [-0.25, -0.2) is 4.79 Å². The highest BCUT2D eigenvalue weighted by Crippen LogP contribution is 2.29. The Morgan fingerprint density at radius 3 is 1.73 bits per heavy atom. The number of amides is 2. The molecule has 0 saturated carbocycles. The summed E-state index contributed by atoms with van der Waals surface area (Å²) in [5.74, 6) is -0.140. The molecule has 0 heterocycles. The molecule has 2 amide bonds. The van der Waals surface area contributed by atoms with E-state index in [0.29, 0.717) is 13.0 Å². The minimum absolute atomic E-state index is 0.140. The lowest BCUT2D eigenvalue weighted by Crippen LogP contribution is -2.48. The van der Waals surface area contributed by atoms with Crippen molar-refractivity contribution in [1.82, 2.24) is 10.6 Å². The van der Waals surface area contributed by atoms with Crippen molar-refractivity contribution in [2.45, 2.75) is 116 Å². The van der Waals surface area contributed by atoms with E-state index in [1.165, 1.54) is 72.8 Å². The van der Waals surface area contributed by atoms with Crippen LogP contribution < -0.4 is 10.6 Å². The van der Waals surface area contributed by atoms with Crippen LogP contribution in [0.25, 0.3) is 22.3 Å². The van der Waals surface area contributed by atoms with Crippen molar-refractivity contribution >= 4 is 12.0 Å². The largest absolute Gasteiger partial charge is 0.444 e. The van der Waals surface area contributed by atoms with Crippen LogP contribution in [0.1, 0.15) is 104 Å². The van der Waals surface area contributed by atoms with Crippen molar-refractivity contribution in [3.8, 4) is 22.3 Å². The smallest absolute Gasteiger partial charge is 0.408 e. The van der Waals surface area contributed by atoms with Gasteiger partial charge in [0, 0.05) is 6.54 Å². The van der Waals surface area contributed by atoms with Crippen LogP contribution in [0.3, 0.4) is 0 Å². The fourth-order valence-electron chi connectivity index (χ4n) is 5.43. The van der Waals surface area contributed by atoms with Gasteiger partial charge in [-0.3, -0.25) is 4.79 Å². The third kappa shape index (κ3) is 13.4. The number of benzene rings is 3. The fourth-order valence-corrected chi connectivity index (χ4v) is 5.43. The number of carbonyl (C=O) groups is 2. The minimum atomic E-state index is -0.644. The minimum Gasteiger partial charge on any atom is -0.444 e. The highest BCUT2D eigenvalue weighted by atomic mass is 16.6. The van der Waals surface area contributed by atoms with E-state index in [1.54, 1.807) is 0 Å². The second-order valence-electron chi connectivity index (χ2n) is 12.9. The Morgan fingerprint density at radius 1 is 0.682 bits per heavy atom. The molecule has 5 nitrogen and oxygen atoms in total. The Hall–Kier alpha value is -3.60. The molecule has 1 atom stereocenters. The number of rotatable bonds is 18. The zero-order valence-electron chi connectivity index (χ0n) is 27.5. The van der Waals surface area contributed by atoms with Crippen LogP contribution in [0, 0.1) is 0 Å². The number of hydrogen-bond acceptors (Lipinski definition) is 3. The van der Waals surface area contributed by atoms with Gasteiger partial charge in [-0.05, 0) is 80.3 Å². The predicted molar refractivity (Wildman–Crippen MR) is 184 cm³/mol. The molecule has 0 saturated heterocycles. The van der Waals surface area contributed by atoms with Gasteiger partial charge in [-0.2, -0.15) is 0 Å². The molecule has 0 aliphatic rings. The Labute approximate surface area is 266 Å². The standard InChI is InChI=1S/C39H54N2O3/c1-5-6-7-8-9-10-11-12-19-27-40-37(42)36(41-38(43)44-39(2,3)4)26-20-21-31-28-34(32-22-15-13-16-23-32)30-35(29-31)33-24-17-14-18-25-33/h13-18,22-25,28-30,36H,5-12,19-21,26-27H2,1-4H3,(H,40,42)(H,41,43)/t36-/m0/s1. The topological polar surface area (TPSA) is 67.4 Å². The highest BCUT2D eigenvalue weighted by Gasteiger charge is 2.24. The van der Waals surface area contributed by atoms with Crippen LogP contribution in [0.5, 0.6) is 0 Å². The van der Waals surface area contributed by atoms with Crippen molar-refractivity contribution in [2.24, 2.45) is 0 Å². The van der Waals surface area contributed by atoms with Crippen LogP contribution in [-0.4, -0.2) is 30.2 Å². The monoisotopic (exact) mass is 598 g/mol. The molecule has 0 spiro atoms. The van der Waals surface area contributed by atoms with Gasteiger partial charge in [-0.1, -0.05) is 131 Å². The second kappa shape index (κ2) is 18.9. The van der Waals surface area contributed by atoms with Gasteiger partial charge in [0.1, 0.15) is 11.6 Å². The third-order valence-electron chi connectivity index (χ3n) is 7.75. The third-order valence-corrected chi connectivity index (χ3v) is 7.75. The summed E-state index contributed by atoms with van der Waals surface area (Å²) in [5, 5.41) is 5.92. The van der Waals surface area contributed by atoms with Gasteiger partial charge in [0.2, 0.25) is 5.91 Å². The first-order valence-corrected chi connectivity index (χ1v) is 16.8. The fraction of sp³-hybridized carbons (Fsp3) is 0.487. The van der Waals surface area contributed by atoms with Crippen LogP contribution in [0.4, 0.5) is 4.79 Å². The van der Waals surface area contributed by atoms with Crippen molar-refractivity contribution in [2.75, 3.05) is 6.54 Å². The summed E-state index contributed by atoms with van der Waals surface area (Å²) in [6, 6.07) is 26.9. The quantitative estimate of drug-likeness (QED) is 0.143. The first-order valence-electron chi connectivity index (χ1n) is 16.8. The van der Waals surface area contributed by atoms with Crippen molar-refractivity contribution < 1.29 is 14.3 Å². The number of ether oxygens (including phenoxy) is 1. The average molecular weight is 599 g/mol. The zero-order chi connectivity index (χ0) is 31.6. The molecule has 0 aliphatic heterocycles. The van der Waals surface area contributed by atoms with Crippen LogP contribution in [-0.2, 0) is 16.0 Å². The summed E-state index contributed by atoms with van der Waals surface area (Å²) in [5.41, 5.74) is 5.26. The zero-order valence-corrected chi connectivity index (χ0v) is 27.5. The van der Waals surface area contributed by atoms with E-state index < -0.39 is 17.7 Å². The lowest BCUT2D eigenvalue weighted by Gasteiger charge is -2.23. The lowest BCUT2D eigenvalue weighted by molar-refractivity contribution is -0.123. The molecule has 5 heteroatoms. The maximum Gasteiger partial charge on any atom is 0.408 e. The molecule has 2 N–H and O–H groups in total. The molecule has 0 aromatic heterocycles. The van der Waals surface area contributed by atoms with Gasteiger partial charge in [0.25, 0.3) is 0 Å². The van der Waals surface area contributed by atoms with E-state index in [-0.39, 0.29) is 5.91 Å². The Kier molecular flexibility index (Phi) is 15.0. The Bertz CT molecular complexity index is 1190. The number of aryl methyl sites for hydroxylation is 1. The average Bonchev–Trinajstić information content (AvgIpc) is 3.01. The molecule has 0 fully saturated rings. The van der Waals surface area contributed by atoms with E-state index in [9.17, 15) is 9.59 Å². The maximum absolute atomic E-state index is 13.2. The number of unbranched alkanes of at least 4 members (excludes halogenated alkanes) is 8. The molecule has 3 aromatic carbocycles. The molecule has 44 heavy (non-hydrogen) atoms. The van der Waals surface area contributed by atoms with Crippen LogP contribution in [0.15, 0.2) is 78.9 Å². The second-order valence-corrected chi connectivity index (χ2v) is 12.9. The molecule has 0 radical (unpaired) electrons. The van der Waals surface area contributed by atoms with Gasteiger partial charge in [-0.15, -0.1) is 0 Å². The lowest BCUT2D eigenvalue weighted by atomic mass is 9.94. The summed E-state index contributed by atoms with van der Waals surface area (Å²) in [4.78, 5) is 25.9. The molecule has 3 rings (SSSR count). The summed E-state index contributed by atoms with van der Waals surface area (Å²) in [6.07, 6.45) is 12.6. The summed E-state index contributed by atoms with van der Waals surface area (Å²) in [6.45, 7) is 8.36. The van der Waals surface area contributed by atoms with Gasteiger partial charge in [0.15, 0.2) is 0 Å². The van der Waals surface area contributed by atoms with Crippen molar-refractivity contribution in [3.05, 3.63) is 84.4 Å². The number of carbonyl (C=O) groups excluding carboxylic acids is 2. The predicted octanol–water partition coefficient (Wildman–Crippen LogP) is 9.88. The molecule has 3 aromatic rings.